The molecule has 1 aliphatic carbocycles. The lowest BCUT2D eigenvalue weighted by Crippen LogP contribution is -2.17. The Bertz CT molecular complexity index is 359. The van der Waals surface area contributed by atoms with Crippen LogP contribution in [0.4, 0.5) is 5.69 Å². The van der Waals surface area contributed by atoms with E-state index in [0.29, 0.717) is 5.41 Å². The summed E-state index contributed by atoms with van der Waals surface area (Å²) in [6, 6.07) is 6.34. The van der Waals surface area contributed by atoms with Gasteiger partial charge in [0.05, 0.1) is 0 Å². The first kappa shape index (κ1) is 10.8. The molecule has 0 spiro atoms. The van der Waals surface area contributed by atoms with Crippen molar-refractivity contribution in [1.82, 2.24) is 0 Å². The lowest BCUT2D eigenvalue weighted by molar-refractivity contribution is 0.521. The standard InChI is InChI=1S/C12H18N2S/c1-15-11-6-9(2-3-10(11)14)7-12(8-13)4-5-12/h2-3,6H,4-5,7-8,13-14H2,1H3. The number of rotatable bonds is 4. The van der Waals surface area contributed by atoms with Crippen molar-refractivity contribution in [2.45, 2.75) is 24.2 Å². The molecule has 1 aromatic rings. The highest BCUT2D eigenvalue weighted by molar-refractivity contribution is 7.98. The summed E-state index contributed by atoms with van der Waals surface area (Å²) >= 11 is 1.71. The zero-order valence-electron chi connectivity index (χ0n) is 9.12. The van der Waals surface area contributed by atoms with E-state index in [2.05, 4.69) is 18.4 Å². The van der Waals surface area contributed by atoms with Crippen molar-refractivity contribution < 1.29 is 0 Å². The summed E-state index contributed by atoms with van der Waals surface area (Å²) in [4.78, 5) is 1.18. The fourth-order valence-corrected chi connectivity index (χ4v) is 2.50. The van der Waals surface area contributed by atoms with Gasteiger partial charge in [0.15, 0.2) is 0 Å². The largest absolute Gasteiger partial charge is 0.398 e. The molecule has 0 bridgehead atoms. The Morgan fingerprint density at radius 3 is 2.67 bits per heavy atom. The molecule has 0 aliphatic heterocycles. The zero-order chi connectivity index (χ0) is 10.9. The van der Waals surface area contributed by atoms with Gasteiger partial charge in [0, 0.05) is 10.6 Å². The SMILES string of the molecule is CSc1cc(CC2(CN)CC2)ccc1N. The molecule has 1 fully saturated rings. The molecule has 82 valence electrons. The van der Waals surface area contributed by atoms with Crippen molar-refractivity contribution in [3.05, 3.63) is 23.8 Å². The molecule has 2 nitrogen and oxygen atoms in total. The number of benzene rings is 1. The Balaban J connectivity index is 2.15. The molecule has 2 rings (SSSR count). The highest BCUT2D eigenvalue weighted by Crippen LogP contribution is 2.47. The minimum atomic E-state index is 0.409. The first-order valence-corrected chi connectivity index (χ1v) is 6.54. The maximum atomic E-state index is 5.87. The quantitative estimate of drug-likeness (QED) is 0.607. The van der Waals surface area contributed by atoms with E-state index in [1.807, 2.05) is 6.07 Å². The van der Waals surface area contributed by atoms with Crippen LogP contribution < -0.4 is 11.5 Å². The second kappa shape index (κ2) is 4.06. The van der Waals surface area contributed by atoms with Crippen LogP contribution in [0.5, 0.6) is 0 Å². The number of hydrogen-bond acceptors (Lipinski definition) is 3. The summed E-state index contributed by atoms with van der Waals surface area (Å²) in [5.41, 5.74) is 14.3. The van der Waals surface area contributed by atoms with Gasteiger partial charge in [-0.2, -0.15) is 0 Å². The van der Waals surface area contributed by atoms with Gasteiger partial charge in [0.25, 0.3) is 0 Å². The predicted octanol–water partition coefficient (Wildman–Crippen LogP) is 2.27. The first-order valence-electron chi connectivity index (χ1n) is 5.32. The van der Waals surface area contributed by atoms with Gasteiger partial charge >= 0.3 is 0 Å². The molecule has 15 heavy (non-hydrogen) atoms. The average Bonchev–Trinajstić information content (AvgIpc) is 3.02. The van der Waals surface area contributed by atoms with Crippen LogP contribution in [0.1, 0.15) is 18.4 Å². The van der Waals surface area contributed by atoms with E-state index in [1.165, 1.54) is 23.3 Å². The van der Waals surface area contributed by atoms with Crippen molar-refractivity contribution in [3.63, 3.8) is 0 Å². The number of hydrogen-bond donors (Lipinski definition) is 2. The van der Waals surface area contributed by atoms with E-state index in [-0.39, 0.29) is 0 Å². The molecular formula is C12H18N2S. The van der Waals surface area contributed by atoms with Gasteiger partial charge < -0.3 is 11.5 Å². The lowest BCUT2D eigenvalue weighted by Gasteiger charge is -2.13. The third kappa shape index (κ3) is 2.29. The highest BCUT2D eigenvalue weighted by atomic mass is 32.2. The zero-order valence-corrected chi connectivity index (χ0v) is 9.94. The van der Waals surface area contributed by atoms with Gasteiger partial charge in [-0.05, 0) is 55.2 Å². The molecule has 4 N–H and O–H groups in total. The molecule has 0 amide bonds. The van der Waals surface area contributed by atoms with Gasteiger partial charge in [0.2, 0.25) is 0 Å². The van der Waals surface area contributed by atoms with Crippen LogP contribution in [0.25, 0.3) is 0 Å². The lowest BCUT2D eigenvalue weighted by atomic mass is 9.96. The average molecular weight is 222 g/mol. The third-order valence-electron chi connectivity index (χ3n) is 3.27. The molecule has 0 radical (unpaired) electrons. The Morgan fingerprint density at radius 1 is 1.40 bits per heavy atom. The molecule has 1 saturated carbocycles. The van der Waals surface area contributed by atoms with Gasteiger partial charge in [-0.3, -0.25) is 0 Å². The monoisotopic (exact) mass is 222 g/mol. The topological polar surface area (TPSA) is 52.0 Å². The molecule has 0 aromatic heterocycles. The summed E-state index contributed by atoms with van der Waals surface area (Å²) < 4.78 is 0. The Hall–Kier alpha value is -0.670. The van der Waals surface area contributed by atoms with Crippen LogP contribution in [0.15, 0.2) is 23.1 Å². The number of anilines is 1. The second-order valence-corrected chi connectivity index (χ2v) is 5.31. The minimum absolute atomic E-state index is 0.409. The van der Waals surface area contributed by atoms with Gasteiger partial charge in [-0.25, -0.2) is 0 Å². The molecule has 1 aromatic carbocycles. The van der Waals surface area contributed by atoms with Crippen molar-refractivity contribution in [2.24, 2.45) is 11.1 Å². The Labute approximate surface area is 95.4 Å². The summed E-state index contributed by atoms with van der Waals surface area (Å²) in [5, 5.41) is 0. The van der Waals surface area contributed by atoms with E-state index < -0.39 is 0 Å². The third-order valence-corrected chi connectivity index (χ3v) is 4.06. The molecule has 0 atom stereocenters. The van der Waals surface area contributed by atoms with Crippen LogP contribution in [0.3, 0.4) is 0 Å². The van der Waals surface area contributed by atoms with E-state index in [1.54, 1.807) is 11.8 Å². The number of thioether (sulfide) groups is 1. The molecule has 0 unspecified atom stereocenters. The van der Waals surface area contributed by atoms with Crippen molar-refractivity contribution in [2.75, 3.05) is 18.5 Å². The molecule has 3 heteroatoms. The van der Waals surface area contributed by atoms with Gasteiger partial charge in [-0.1, -0.05) is 6.07 Å². The van der Waals surface area contributed by atoms with E-state index in [0.717, 1.165) is 18.7 Å². The van der Waals surface area contributed by atoms with Gasteiger partial charge in [-0.15, -0.1) is 11.8 Å². The summed E-state index contributed by atoms with van der Waals surface area (Å²) in [6.45, 7) is 0.811. The summed E-state index contributed by atoms with van der Waals surface area (Å²) in [7, 11) is 0. The predicted molar refractivity (Wildman–Crippen MR) is 67.1 cm³/mol. The van der Waals surface area contributed by atoms with Crippen LogP contribution >= 0.6 is 11.8 Å². The van der Waals surface area contributed by atoms with E-state index in [4.69, 9.17) is 11.5 Å². The van der Waals surface area contributed by atoms with E-state index in [9.17, 15) is 0 Å². The fraction of sp³-hybridized carbons (Fsp3) is 0.500. The summed E-state index contributed by atoms with van der Waals surface area (Å²) in [6.07, 6.45) is 5.73. The normalized spacial score (nSPS) is 17.7. The maximum absolute atomic E-state index is 5.87. The number of nitrogens with two attached hydrogens (primary N) is 2. The molecule has 1 aliphatic rings. The van der Waals surface area contributed by atoms with Crippen LogP contribution in [-0.2, 0) is 6.42 Å². The second-order valence-electron chi connectivity index (χ2n) is 4.46. The molecule has 0 heterocycles. The van der Waals surface area contributed by atoms with Crippen LogP contribution in [0.2, 0.25) is 0 Å². The fourth-order valence-electron chi connectivity index (χ4n) is 1.93. The van der Waals surface area contributed by atoms with Crippen LogP contribution in [0, 0.1) is 5.41 Å². The number of nitrogen functional groups attached to an aromatic ring is 1. The van der Waals surface area contributed by atoms with E-state index >= 15 is 0 Å². The smallest absolute Gasteiger partial charge is 0.0452 e. The van der Waals surface area contributed by atoms with Crippen molar-refractivity contribution in [1.29, 1.82) is 0 Å². The highest BCUT2D eigenvalue weighted by Gasteiger charge is 2.40. The Kier molecular flexibility index (Phi) is 2.94. The minimum Gasteiger partial charge on any atom is -0.398 e. The maximum Gasteiger partial charge on any atom is 0.0452 e. The Morgan fingerprint density at radius 2 is 2.13 bits per heavy atom. The van der Waals surface area contributed by atoms with Crippen molar-refractivity contribution >= 4 is 17.4 Å². The molecule has 0 saturated heterocycles. The molecular weight excluding hydrogens is 204 g/mol. The first-order chi connectivity index (χ1) is 7.19. The van der Waals surface area contributed by atoms with Gasteiger partial charge in [0.1, 0.15) is 0 Å². The van der Waals surface area contributed by atoms with Crippen molar-refractivity contribution in [3.8, 4) is 0 Å². The van der Waals surface area contributed by atoms with Crippen LogP contribution in [-0.4, -0.2) is 12.8 Å². The summed E-state index contributed by atoms with van der Waals surface area (Å²) in [5.74, 6) is 0.